The fraction of sp³-hybridized carbons (Fsp3) is 0.778. The molecule has 0 spiro atoms. The lowest BCUT2D eigenvalue weighted by Crippen LogP contribution is -2.38. The second-order valence-corrected chi connectivity index (χ2v) is 6.34. The van der Waals surface area contributed by atoms with Crippen LogP contribution in [0.4, 0.5) is 0 Å². The largest absolute Gasteiger partial charge is 0.383 e. The number of aromatic nitrogens is 2. The Labute approximate surface area is 176 Å². The molecule has 0 aromatic carbocycles. The highest BCUT2D eigenvalue weighted by Crippen LogP contribution is 2.02. The topological polar surface area (TPSA) is 66.7 Å². The third-order valence-corrected chi connectivity index (χ3v) is 3.93. The SMILES string of the molecule is CCNC(=NCCCn1nc(C)cc1C)NCCCN(C)CCOC.I. The molecule has 0 aliphatic carbocycles. The zero-order valence-electron chi connectivity index (χ0n) is 17.0. The summed E-state index contributed by atoms with van der Waals surface area (Å²) in [6, 6.07) is 2.11. The molecule has 7 nitrogen and oxygen atoms in total. The molecule has 0 radical (unpaired) electrons. The first-order valence-corrected chi connectivity index (χ1v) is 9.27. The molecule has 1 rings (SSSR count). The van der Waals surface area contributed by atoms with Crippen molar-refractivity contribution in [3.63, 3.8) is 0 Å². The zero-order chi connectivity index (χ0) is 18.5. The highest BCUT2D eigenvalue weighted by Gasteiger charge is 2.01. The van der Waals surface area contributed by atoms with Crippen molar-refractivity contribution in [2.75, 3.05) is 53.5 Å². The van der Waals surface area contributed by atoms with Gasteiger partial charge >= 0.3 is 0 Å². The van der Waals surface area contributed by atoms with Crippen molar-refractivity contribution in [2.45, 2.75) is 40.2 Å². The van der Waals surface area contributed by atoms with E-state index in [1.807, 2.05) is 6.92 Å². The molecule has 0 unspecified atom stereocenters. The van der Waals surface area contributed by atoms with Gasteiger partial charge in [-0.05, 0) is 53.3 Å². The Morgan fingerprint density at radius 2 is 2.04 bits per heavy atom. The highest BCUT2D eigenvalue weighted by molar-refractivity contribution is 14.0. The maximum Gasteiger partial charge on any atom is 0.191 e. The Kier molecular flexibility index (Phi) is 14.7. The van der Waals surface area contributed by atoms with Gasteiger partial charge in [-0.1, -0.05) is 0 Å². The molecule has 1 aromatic heterocycles. The molecule has 0 saturated heterocycles. The predicted octanol–water partition coefficient (Wildman–Crippen LogP) is 2.03. The molecule has 0 amide bonds. The average Bonchev–Trinajstić information content (AvgIpc) is 2.90. The van der Waals surface area contributed by atoms with Crippen molar-refractivity contribution in [3.05, 3.63) is 17.5 Å². The van der Waals surface area contributed by atoms with Gasteiger partial charge in [-0.3, -0.25) is 9.67 Å². The van der Waals surface area contributed by atoms with Gasteiger partial charge in [-0.25, -0.2) is 0 Å². The number of halogens is 1. The quantitative estimate of drug-likeness (QED) is 0.208. The Morgan fingerprint density at radius 3 is 2.65 bits per heavy atom. The molecular formula is C18H37IN6O. The van der Waals surface area contributed by atoms with Crippen LogP contribution in [0.2, 0.25) is 0 Å². The molecule has 152 valence electrons. The Morgan fingerprint density at radius 1 is 1.27 bits per heavy atom. The van der Waals surface area contributed by atoms with E-state index in [1.54, 1.807) is 7.11 Å². The van der Waals surface area contributed by atoms with Crippen molar-refractivity contribution in [1.82, 2.24) is 25.3 Å². The molecule has 8 heteroatoms. The number of hydrogen-bond acceptors (Lipinski definition) is 4. The van der Waals surface area contributed by atoms with Crippen LogP contribution < -0.4 is 10.6 Å². The smallest absolute Gasteiger partial charge is 0.191 e. The van der Waals surface area contributed by atoms with Gasteiger partial charge in [-0.2, -0.15) is 5.10 Å². The molecule has 0 saturated carbocycles. The summed E-state index contributed by atoms with van der Waals surface area (Å²) in [6.45, 7) is 12.5. The monoisotopic (exact) mass is 480 g/mol. The van der Waals surface area contributed by atoms with Crippen LogP contribution in [0.5, 0.6) is 0 Å². The molecule has 0 fully saturated rings. The molecule has 1 heterocycles. The molecule has 0 atom stereocenters. The number of aliphatic imine (C=N–C) groups is 1. The zero-order valence-corrected chi connectivity index (χ0v) is 19.4. The van der Waals surface area contributed by atoms with Gasteiger partial charge in [0.05, 0.1) is 12.3 Å². The standard InChI is InChI=1S/C18H36N6O.HI/c1-6-19-18(20-9-7-11-23(4)13-14-25-5)21-10-8-12-24-17(3)15-16(2)22-24;/h15H,6-14H2,1-5H3,(H2,19,20,21);1H. The van der Waals surface area contributed by atoms with Crippen molar-refractivity contribution >= 4 is 29.9 Å². The van der Waals surface area contributed by atoms with Crippen LogP contribution in [-0.4, -0.2) is 74.1 Å². The van der Waals surface area contributed by atoms with Gasteiger partial charge in [0.25, 0.3) is 0 Å². The highest BCUT2D eigenvalue weighted by atomic mass is 127. The fourth-order valence-corrected chi connectivity index (χ4v) is 2.57. The van der Waals surface area contributed by atoms with Crippen LogP contribution in [0.25, 0.3) is 0 Å². The Hall–Kier alpha value is -0.870. The normalized spacial score (nSPS) is 11.5. The Bertz CT molecular complexity index is 506. The van der Waals surface area contributed by atoms with Gasteiger partial charge in [0.1, 0.15) is 0 Å². The summed E-state index contributed by atoms with van der Waals surface area (Å²) in [7, 11) is 3.86. The van der Waals surface area contributed by atoms with Crippen LogP contribution in [0.1, 0.15) is 31.2 Å². The van der Waals surface area contributed by atoms with Crippen molar-refractivity contribution < 1.29 is 4.74 Å². The lowest BCUT2D eigenvalue weighted by atomic mass is 10.4. The van der Waals surface area contributed by atoms with E-state index >= 15 is 0 Å². The number of nitrogens with one attached hydrogen (secondary N) is 2. The molecule has 0 bridgehead atoms. The summed E-state index contributed by atoms with van der Waals surface area (Å²) in [5.74, 6) is 0.899. The summed E-state index contributed by atoms with van der Waals surface area (Å²) in [5, 5.41) is 11.2. The van der Waals surface area contributed by atoms with Gasteiger partial charge in [0, 0.05) is 45.5 Å². The minimum Gasteiger partial charge on any atom is -0.383 e. The maximum atomic E-state index is 5.09. The number of aryl methyl sites for hydroxylation is 3. The fourth-order valence-electron chi connectivity index (χ4n) is 2.57. The van der Waals surface area contributed by atoms with Crippen molar-refractivity contribution in [1.29, 1.82) is 0 Å². The third-order valence-electron chi connectivity index (χ3n) is 3.93. The number of rotatable bonds is 12. The van der Waals surface area contributed by atoms with Crippen LogP contribution in [-0.2, 0) is 11.3 Å². The van der Waals surface area contributed by atoms with Crippen molar-refractivity contribution in [2.24, 2.45) is 4.99 Å². The number of ether oxygens (including phenoxy) is 1. The first kappa shape index (κ1) is 25.1. The van der Waals surface area contributed by atoms with Gasteiger partial charge in [-0.15, -0.1) is 24.0 Å². The number of methoxy groups -OCH3 is 1. The van der Waals surface area contributed by atoms with Crippen LogP contribution in [0.3, 0.4) is 0 Å². The van der Waals surface area contributed by atoms with Crippen LogP contribution in [0.15, 0.2) is 11.1 Å². The summed E-state index contributed by atoms with van der Waals surface area (Å²) in [4.78, 5) is 6.93. The maximum absolute atomic E-state index is 5.09. The predicted molar refractivity (Wildman–Crippen MR) is 120 cm³/mol. The second kappa shape index (κ2) is 15.2. The summed E-state index contributed by atoms with van der Waals surface area (Å²) >= 11 is 0. The molecule has 2 N–H and O–H groups in total. The molecular weight excluding hydrogens is 443 g/mol. The van der Waals surface area contributed by atoms with E-state index in [2.05, 4.69) is 57.3 Å². The third kappa shape index (κ3) is 11.0. The minimum absolute atomic E-state index is 0. The van der Waals surface area contributed by atoms with Gasteiger partial charge in [0.15, 0.2) is 5.96 Å². The molecule has 0 aliphatic rings. The summed E-state index contributed by atoms with van der Waals surface area (Å²) in [5.41, 5.74) is 2.29. The first-order chi connectivity index (χ1) is 12.1. The Balaban J connectivity index is 0.00000625. The lowest BCUT2D eigenvalue weighted by Gasteiger charge is -2.17. The number of likely N-dealkylation sites (N-methyl/N-ethyl adjacent to an activating group) is 1. The average molecular weight is 480 g/mol. The van der Waals surface area contributed by atoms with Crippen LogP contribution >= 0.6 is 24.0 Å². The van der Waals surface area contributed by atoms with Crippen molar-refractivity contribution in [3.8, 4) is 0 Å². The molecule has 26 heavy (non-hydrogen) atoms. The summed E-state index contributed by atoms with van der Waals surface area (Å²) < 4.78 is 7.15. The molecule has 0 aliphatic heterocycles. The number of hydrogen-bond donors (Lipinski definition) is 2. The van der Waals surface area contributed by atoms with E-state index in [4.69, 9.17) is 4.74 Å². The van der Waals surface area contributed by atoms with Crippen LogP contribution in [0, 0.1) is 13.8 Å². The van der Waals surface area contributed by atoms with E-state index in [1.165, 1.54) is 5.69 Å². The lowest BCUT2D eigenvalue weighted by molar-refractivity contribution is 0.161. The van der Waals surface area contributed by atoms with E-state index < -0.39 is 0 Å². The van der Waals surface area contributed by atoms with Gasteiger partial charge in [0.2, 0.25) is 0 Å². The van der Waals surface area contributed by atoms with E-state index in [9.17, 15) is 0 Å². The van der Waals surface area contributed by atoms with E-state index in [-0.39, 0.29) is 24.0 Å². The minimum atomic E-state index is 0. The van der Waals surface area contributed by atoms with E-state index in [0.717, 1.165) is 70.4 Å². The second-order valence-electron chi connectivity index (χ2n) is 6.34. The molecule has 1 aromatic rings. The van der Waals surface area contributed by atoms with Gasteiger partial charge < -0.3 is 20.3 Å². The summed E-state index contributed by atoms with van der Waals surface area (Å²) in [6.07, 6.45) is 2.06. The first-order valence-electron chi connectivity index (χ1n) is 9.27. The number of guanidine groups is 1. The van der Waals surface area contributed by atoms with E-state index in [0.29, 0.717) is 0 Å². The number of nitrogens with zero attached hydrogens (tertiary/aromatic N) is 4.